The van der Waals surface area contributed by atoms with Crippen molar-refractivity contribution in [3.63, 3.8) is 0 Å². The van der Waals surface area contributed by atoms with Crippen molar-refractivity contribution in [2.24, 2.45) is 0 Å². The van der Waals surface area contributed by atoms with E-state index in [1.807, 2.05) is 0 Å². The first-order valence-electron chi connectivity index (χ1n) is 6.16. The van der Waals surface area contributed by atoms with Crippen LogP contribution < -0.4 is 0 Å². The Kier molecular flexibility index (Phi) is 3.99. The molecule has 1 saturated heterocycles. The van der Waals surface area contributed by atoms with Crippen LogP contribution in [0.4, 0.5) is 0 Å². The van der Waals surface area contributed by atoms with Gasteiger partial charge in [-0.25, -0.2) is 0 Å². The van der Waals surface area contributed by atoms with Gasteiger partial charge in [-0.05, 0) is 13.8 Å². The van der Waals surface area contributed by atoms with Gasteiger partial charge in [0.25, 0.3) is 0 Å². The Morgan fingerprint density at radius 1 is 1.44 bits per heavy atom. The first-order chi connectivity index (χ1) is 8.48. The molecule has 1 aromatic heterocycles. The van der Waals surface area contributed by atoms with E-state index in [0.717, 1.165) is 13.1 Å². The van der Waals surface area contributed by atoms with E-state index in [-0.39, 0.29) is 11.7 Å². The summed E-state index contributed by atoms with van der Waals surface area (Å²) >= 11 is 0. The van der Waals surface area contributed by atoms with Crippen molar-refractivity contribution < 1.29 is 13.9 Å². The molecule has 1 aromatic rings. The van der Waals surface area contributed by atoms with Gasteiger partial charge < -0.3 is 13.9 Å². The second-order valence-corrected chi connectivity index (χ2v) is 5.34. The summed E-state index contributed by atoms with van der Waals surface area (Å²) in [6.07, 6.45) is 0.0859. The number of aryl methyl sites for hydroxylation is 1. The van der Waals surface area contributed by atoms with Crippen molar-refractivity contribution in [2.45, 2.75) is 39.0 Å². The molecule has 0 amide bonds. The minimum absolute atomic E-state index is 0.0859. The van der Waals surface area contributed by atoms with Crippen molar-refractivity contribution >= 4 is 0 Å². The van der Waals surface area contributed by atoms with E-state index >= 15 is 0 Å². The average molecular weight is 255 g/mol. The van der Waals surface area contributed by atoms with Crippen LogP contribution in [0, 0.1) is 6.92 Å². The maximum absolute atomic E-state index is 5.95. The molecule has 102 valence electrons. The number of morpholine rings is 1. The summed E-state index contributed by atoms with van der Waals surface area (Å²) in [4.78, 5) is 2.26. The summed E-state index contributed by atoms with van der Waals surface area (Å²) in [5.74, 6) is 1.26. The van der Waals surface area contributed by atoms with E-state index in [0.29, 0.717) is 24.9 Å². The van der Waals surface area contributed by atoms with Crippen molar-refractivity contribution in [3.8, 4) is 0 Å². The molecule has 2 heterocycles. The molecule has 6 heteroatoms. The number of aromatic nitrogens is 2. The van der Waals surface area contributed by atoms with E-state index < -0.39 is 0 Å². The smallest absolute Gasteiger partial charge is 0.230 e. The largest absolute Gasteiger partial charge is 0.424 e. The zero-order valence-corrected chi connectivity index (χ0v) is 11.5. The highest BCUT2D eigenvalue weighted by molar-refractivity contribution is 4.87. The Bertz CT molecular complexity index is 392. The minimum atomic E-state index is -0.184. The number of hydrogen-bond donors (Lipinski definition) is 0. The van der Waals surface area contributed by atoms with Gasteiger partial charge in [0.05, 0.1) is 24.9 Å². The van der Waals surface area contributed by atoms with Crippen LogP contribution in [0.5, 0.6) is 0 Å². The number of methoxy groups -OCH3 is 1. The zero-order chi connectivity index (χ0) is 13.2. The van der Waals surface area contributed by atoms with E-state index in [1.54, 1.807) is 14.0 Å². The molecule has 0 aliphatic carbocycles. The number of nitrogens with zero attached hydrogens (tertiary/aromatic N) is 3. The Balaban J connectivity index is 1.98. The molecule has 0 radical (unpaired) electrons. The van der Waals surface area contributed by atoms with Crippen molar-refractivity contribution in [2.75, 3.05) is 26.8 Å². The maximum atomic E-state index is 5.95. The molecule has 1 aliphatic rings. The van der Waals surface area contributed by atoms with Crippen LogP contribution in [0.3, 0.4) is 0 Å². The lowest BCUT2D eigenvalue weighted by molar-refractivity contribution is -0.155. The minimum Gasteiger partial charge on any atom is -0.424 e. The third-order valence-electron chi connectivity index (χ3n) is 2.83. The van der Waals surface area contributed by atoms with Gasteiger partial charge in [0.15, 0.2) is 0 Å². The highest BCUT2D eigenvalue weighted by atomic mass is 16.5. The molecular weight excluding hydrogens is 234 g/mol. The fraction of sp³-hybridized carbons (Fsp3) is 0.833. The second-order valence-electron chi connectivity index (χ2n) is 5.34. The highest BCUT2D eigenvalue weighted by Gasteiger charge is 2.33. The van der Waals surface area contributed by atoms with Crippen molar-refractivity contribution in [1.82, 2.24) is 15.1 Å². The van der Waals surface area contributed by atoms with Gasteiger partial charge in [-0.15, -0.1) is 10.2 Å². The van der Waals surface area contributed by atoms with Gasteiger partial charge in [-0.3, -0.25) is 4.90 Å². The van der Waals surface area contributed by atoms with E-state index in [9.17, 15) is 0 Å². The van der Waals surface area contributed by atoms with Gasteiger partial charge in [-0.2, -0.15) is 0 Å². The highest BCUT2D eigenvalue weighted by Crippen LogP contribution is 2.22. The summed E-state index contributed by atoms with van der Waals surface area (Å²) in [5, 5.41) is 7.87. The van der Waals surface area contributed by atoms with Crippen LogP contribution in [0.25, 0.3) is 0 Å². The van der Waals surface area contributed by atoms with Gasteiger partial charge in [0, 0.05) is 27.1 Å². The molecule has 1 atom stereocenters. The van der Waals surface area contributed by atoms with Crippen LogP contribution in [0.1, 0.15) is 25.6 Å². The van der Waals surface area contributed by atoms with Crippen LogP contribution in [0.15, 0.2) is 4.42 Å². The Morgan fingerprint density at radius 2 is 2.22 bits per heavy atom. The number of ether oxygens (including phenoxy) is 2. The number of hydrogen-bond acceptors (Lipinski definition) is 6. The second kappa shape index (κ2) is 5.34. The molecule has 0 N–H and O–H groups in total. The van der Waals surface area contributed by atoms with Gasteiger partial charge in [-0.1, -0.05) is 0 Å². The first kappa shape index (κ1) is 13.5. The molecule has 1 fully saturated rings. The Labute approximate surface area is 107 Å². The third-order valence-corrected chi connectivity index (χ3v) is 2.83. The lowest BCUT2D eigenvalue weighted by Crippen LogP contribution is -2.53. The van der Waals surface area contributed by atoms with Crippen LogP contribution in [-0.4, -0.2) is 53.6 Å². The summed E-state index contributed by atoms with van der Waals surface area (Å²) in [6.45, 7) is 8.89. The van der Waals surface area contributed by atoms with E-state index in [2.05, 4.69) is 28.9 Å². The van der Waals surface area contributed by atoms with Gasteiger partial charge in [0.1, 0.15) is 0 Å². The Hall–Kier alpha value is -0.980. The molecule has 0 aromatic carbocycles. The maximum Gasteiger partial charge on any atom is 0.230 e. The molecule has 18 heavy (non-hydrogen) atoms. The average Bonchev–Trinajstić information content (AvgIpc) is 2.61. The van der Waals surface area contributed by atoms with Crippen molar-refractivity contribution in [1.29, 1.82) is 0 Å². The van der Waals surface area contributed by atoms with Crippen molar-refractivity contribution in [3.05, 3.63) is 11.8 Å². The zero-order valence-electron chi connectivity index (χ0n) is 11.5. The first-order valence-corrected chi connectivity index (χ1v) is 6.16. The third kappa shape index (κ3) is 3.51. The lowest BCUT2D eigenvalue weighted by atomic mass is 10.1. The molecule has 1 aliphatic heterocycles. The molecular formula is C12H21N3O3. The monoisotopic (exact) mass is 255 g/mol. The standard InChI is InChI=1S/C12H21N3O3/c1-9-13-14-11(17-9)6-15-5-10(7-16-4)18-12(2,3)8-15/h10H,5-8H2,1-4H3/t10-/m1/s1. The number of rotatable bonds is 4. The normalized spacial score (nSPS) is 24.3. The van der Waals surface area contributed by atoms with Gasteiger partial charge in [0.2, 0.25) is 11.8 Å². The van der Waals surface area contributed by atoms with Crippen LogP contribution in [0.2, 0.25) is 0 Å². The van der Waals surface area contributed by atoms with Gasteiger partial charge >= 0.3 is 0 Å². The summed E-state index contributed by atoms with van der Waals surface area (Å²) in [6, 6.07) is 0. The molecule has 0 saturated carbocycles. The molecule has 0 unspecified atom stereocenters. The lowest BCUT2D eigenvalue weighted by Gasteiger charge is -2.42. The SMILES string of the molecule is COC[C@H]1CN(Cc2nnc(C)o2)CC(C)(C)O1. The van der Waals surface area contributed by atoms with Crippen LogP contribution in [-0.2, 0) is 16.0 Å². The van der Waals surface area contributed by atoms with E-state index in [4.69, 9.17) is 13.9 Å². The topological polar surface area (TPSA) is 60.6 Å². The van der Waals surface area contributed by atoms with E-state index in [1.165, 1.54) is 0 Å². The quantitative estimate of drug-likeness (QED) is 0.800. The summed E-state index contributed by atoms with van der Waals surface area (Å²) < 4.78 is 16.5. The predicted octanol–water partition coefficient (Wildman–Crippen LogP) is 1.00. The Morgan fingerprint density at radius 3 is 2.83 bits per heavy atom. The molecule has 6 nitrogen and oxygen atoms in total. The molecule has 0 spiro atoms. The fourth-order valence-electron chi connectivity index (χ4n) is 2.40. The summed E-state index contributed by atoms with van der Waals surface area (Å²) in [5.41, 5.74) is -0.184. The summed E-state index contributed by atoms with van der Waals surface area (Å²) in [7, 11) is 1.69. The molecule has 0 bridgehead atoms. The molecule has 2 rings (SSSR count). The fourth-order valence-corrected chi connectivity index (χ4v) is 2.40. The van der Waals surface area contributed by atoms with Crippen LogP contribution >= 0.6 is 0 Å². The predicted molar refractivity (Wildman–Crippen MR) is 65.1 cm³/mol.